The highest BCUT2D eigenvalue weighted by molar-refractivity contribution is 6.10. The van der Waals surface area contributed by atoms with Crippen molar-refractivity contribution < 1.29 is 24.5 Å². The van der Waals surface area contributed by atoms with Gasteiger partial charge in [0.15, 0.2) is 5.78 Å². The topological polar surface area (TPSA) is 115 Å². The highest BCUT2D eigenvalue weighted by Crippen LogP contribution is 2.76. The fraction of sp³-hybridized carbons (Fsp3) is 0.700. The summed E-state index contributed by atoms with van der Waals surface area (Å²) in [6.07, 6.45) is 9.70. The summed E-state index contributed by atoms with van der Waals surface area (Å²) in [5, 5.41) is 28.8. The number of carbonyl (C=O) groups excluding carboxylic acids is 2. The zero-order valence-electron chi connectivity index (χ0n) is 36.9. The number of Topliss-reactive ketones (excluding diaryl/α,β-unsaturated/α-hetero) is 2. The first-order valence-corrected chi connectivity index (χ1v) is 22.5. The van der Waals surface area contributed by atoms with E-state index in [0.29, 0.717) is 38.0 Å². The predicted octanol–water partition coefficient (Wildman–Crippen LogP) is 7.76. The van der Waals surface area contributed by atoms with E-state index in [0.717, 1.165) is 61.9 Å². The third-order valence-corrected chi connectivity index (χ3v) is 18.1. The molecule has 1 saturated heterocycles. The molecular formula is C50H69N3O5. The second-order valence-corrected chi connectivity index (χ2v) is 22.1. The Hall–Kier alpha value is -2.91. The number of carbonyl (C=O) groups is 2. The molecule has 1 aromatic carbocycles. The number of ketones is 2. The molecule has 9 rings (SSSR count). The largest absolute Gasteiger partial charge is 0.392 e. The fourth-order valence-corrected chi connectivity index (χ4v) is 15.2. The minimum atomic E-state index is -0.714. The zero-order chi connectivity index (χ0) is 41.5. The quantitative estimate of drug-likeness (QED) is 0.231. The van der Waals surface area contributed by atoms with Crippen molar-refractivity contribution in [1.82, 2.24) is 10.2 Å². The number of nitrogens with one attached hydrogen (secondary N) is 1. The Kier molecular flexibility index (Phi) is 9.28. The smallest absolute Gasteiger partial charge is 0.160 e. The second kappa shape index (κ2) is 13.3. The standard InChI is InChI=1S/C50H69N3O5/c1-28-19-29(2)21-30(20-28)22-32-26-53-27-33-38-39(46(5,23-35(55)44-45(3,4)58-44)14-11-31-25-52-40(32)41(31)53)34(54)24-50(38,9)49(8)16-12-36-47(6,17-18-51-10)37(56)13-15-48(36,7)43(49)42(33)57/h19-21,25-26,33,35-36,41-44,51,55,57H,11-18,22-24,27H2,1-10H3. The molecule has 0 aromatic heterocycles. The molecule has 8 nitrogen and oxygen atoms in total. The molecule has 314 valence electrons. The average Bonchev–Trinajstić information content (AvgIpc) is 3.39. The molecule has 4 aliphatic heterocycles. The number of rotatable bonds is 8. The van der Waals surface area contributed by atoms with Crippen LogP contribution in [0.15, 0.2) is 57.9 Å². The summed E-state index contributed by atoms with van der Waals surface area (Å²) < 4.78 is 6.02. The first kappa shape index (κ1) is 40.5. The first-order valence-electron chi connectivity index (χ1n) is 22.5. The normalized spacial score (nSPS) is 42.9. The number of aliphatic imine (C=N–C) groups is 1. The molecule has 8 heteroatoms. The first-order chi connectivity index (χ1) is 27.2. The van der Waals surface area contributed by atoms with Crippen molar-refractivity contribution in [3.63, 3.8) is 0 Å². The number of epoxide rings is 1. The van der Waals surface area contributed by atoms with Crippen LogP contribution < -0.4 is 5.32 Å². The Morgan fingerprint density at radius 3 is 2.38 bits per heavy atom. The van der Waals surface area contributed by atoms with Gasteiger partial charge in [0, 0.05) is 60.5 Å². The number of aliphatic hydroxyl groups is 2. The van der Waals surface area contributed by atoms with Gasteiger partial charge in [-0.05, 0) is 137 Å². The predicted molar refractivity (Wildman–Crippen MR) is 228 cm³/mol. The summed E-state index contributed by atoms with van der Waals surface area (Å²) in [7, 11) is 1.97. The number of ether oxygens (including phenoxy) is 1. The summed E-state index contributed by atoms with van der Waals surface area (Å²) >= 11 is 0. The summed E-state index contributed by atoms with van der Waals surface area (Å²) in [5.41, 5.74) is 6.76. The molecule has 58 heavy (non-hydrogen) atoms. The Labute approximate surface area is 347 Å². The number of allylic oxidation sites excluding steroid dienone is 1. The zero-order valence-corrected chi connectivity index (χ0v) is 36.9. The molecule has 3 N–H and O–H groups in total. The monoisotopic (exact) mass is 792 g/mol. The second-order valence-electron chi connectivity index (χ2n) is 22.1. The van der Waals surface area contributed by atoms with Crippen molar-refractivity contribution in [2.24, 2.45) is 49.8 Å². The van der Waals surface area contributed by atoms with E-state index in [2.05, 4.69) is 89.3 Å². The van der Waals surface area contributed by atoms with E-state index in [-0.39, 0.29) is 46.5 Å². The molecule has 3 saturated carbocycles. The SMILES string of the molecule is CNCCC1(C)C(=O)CCC2(C)C1CCC1(C)C2C(O)C2CN3C=C(Cc4cc(C)cc(C)c4)C4=NC=C(CCC(C)(CC(O)C5OC5(C)C)C5=C2C1(C)CC5=O)C43. The van der Waals surface area contributed by atoms with Crippen LogP contribution in [0.5, 0.6) is 0 Å². The van der Waals surface area contributed by atoms with Crippen LogP contribution >= 0.6 is 0 Å². The van der Waals surface area contributed by atoms with Crippen LogP contribution in [0.25, 0.3) is 0 Å². The van der Waals surface area contributed by atoms with Gasteiger partial charge in [0.1, 0.15) is 11.9 Å². The van der Waals surface area contributed by atoms with Crippen molar-refractivity contribution in [2.45, 2.75) is 156 Å². The summed E-state index contributed by atoms with van der Waals surface area (Å²) in [6, 6.07) is 6.77. The van der Waals surface area contributed by atoms with E-state index in [4.69, 9.17) is 9.73 Å². The van der Waals surface area contributed by atoms with Gasteiger partial charge in [-0.1, -0.05) is 63.9 Å². The van der Waals surface area contributed by atoms with E-state index in [1.54, 1.807) is 0 Å². The maximum atomic E-state index is 15.2. The number of nitrogens with zero attached hydrogens (tertiary/aromatic N) is 2. The van der Waals surface area contributed by atoms with Gasteiger partial charge in [-0.15, -0.1) is 0 Å². The van der Waals surface area contributed by atoms with Crippen LogP contribution in [0.3, 0.4) is 0 Å². The van der Waals surface area contributed by atoms with Crippen LogP contribution in [0, 0.1) is 58.7 Å². The molecule has 1 aromatic rings. The molecule has 4 fully saturated rings. The molecular weight excluding hydrogens is 723 g/mol. The molecule has 0 radical (unpaired) electrons. The van der Waals surface area contributed by atoms with Gasteiger partial charge < -0.3 is 25.2 Å². The van der Waals surface area contributed by atoms with Gasteiger partial charge >= 0.3 is 0 Å². The third-order valence-electron chi connectivity index (χ3n) is 18.1. The van der Waals surface area contributed by atoms with Crippen LogP contribution in [-0.2, 0) is 20.7 Å². The van der Waals surface area contributed by atoms with E-state index in [1.807, 2.05) is 20.9 Å². The molecule has 0 bridgehead atoms. The summed E-state index contributed by atoms with van der Waals surface area (Å²) in [5.74, 6) is 0.304. The van der Waals surface area contributed by atoms with E-state index >= 15 is 4.79 Å². The number of fused-ring (bicyclic) bond motifs is 4. The van der Waals surface area contributed by atoms with E-state index in [9.17, 15) is 15.0 Å². The average molecular weight is 792 g/mol. The molecule has 0 spiro atoms. The van der Waals surface area contributed by atoms with Gasteiger partial charge in [0.2, 0.25) is 0 Å². The fourth-order valence-electron chi connectivity index (χ4n) is 15.2. The molecule has 0 amide bonds. The van der Waals surface area contributed by atoms with Crippen LogP contribution in [0.1, 0.15) is 123 Å². The Balaban J connectivity index is 1.20. The number of aliphatic hydroxyl groups excluding tert-OH is 2. The van der Waals surface area contributed by atoms with Gasteiger partial charge in [-0.25, -0.2) is 0 Å². The van der Waals surface area contributed by atoms with Gasteiger partial charge in [0.05, 0.1) is 29.6 Å². The molecule has 4 aliphatic carbocycles. The lowest BCUT2D eigenvalue weighted by molar-refractivity contribution is -0.222. The van der Waals surface area contributed by atoms with Crippen LogP contribution in [0.2, 0.25) is 0 Å². The molecule has 12 atom stereocenters. The number of aryl methyl sites for hydroxylation is 2. The molecule has 4 heterocycles. The minimum Gasteiger partial charge on any atom is -0.392 e. The maximum Gasteiger partial charge on any atom is 0.160 e. The lowest BCUT2D eigenvalue weighted by Gasteiger charge is -2.70. The maximum absolute atomic E-state index is 15.2. The van der Waals surface area contributed by atoms with Crippen molar-refractivity contribution in [3.8, 4) is 0 Å². The lowest BCUT2D eigenvalue weighted by Crippen LogP contribution is -2.68. The highest BCUT2D eigenvalue weighted by atomic mass is 16.6. The van der Waals surface area contributed by atoms with Gasteiger partial charge in [-0.3, -0.25) is 14.6 Å². The van der Waals surface area contributed by atoms with Gasteiger partial charge in [-0.2, -0.15) is 0 Å². The van der Waals surface area contributed by atoms with E-state index < -0.39 is 34.1 Å². The number of hydrogen-bond acceptors (Lipinski definition) is 8. The van der Waals surface area contributed by atoms with Crippen molar-refractivity contribution in [2.75, 3.05) is 20.1 Å². The lowest BCUT2D eigenvalue weighted by atomic mass is 9.34. The molecule has 12 unspecified atom stereocenters. The van der Waals surface area contributed by atoms with Crippen LogP contribution in [0.4, 0.5) is 0 Å². The van der Waals surface area contributed by atoms with Crippen molar-refractivity contribution in [3.05, 3.63) is 69.6 Å². The Morgan fingerprint density at radius 1 is 1.00 bits per heavy atom. The summed E-state index contributed by atoms with van der Waals surface area (Å²) in [4.78, 5) is 36.8. The molecule has 8 aliphatic rings. The van der Waals surface area contributed by atoms with Crippen LogP contribution in [-0.4, -0.2) is 82.5 Å². The Bertz CT molecular complexity index is 2060. The van der Waals surface area contributed by atoms with E-state index in [1.165, 1.54) is 27.8 Å². The van der Waals surface area contributed by atoms with Crippen molar-refractivity contribution in [1.29, 1.82) is 0 Å². The van der Waals surface area contributed by atoms with Gasteiger partial charge in [0.25, 0.3) is 0 Å². The Morgan fingerprint density at radius 2 is 1.71 bits per heavy atom. The third kappa shape index (κ3) is 5.69. The van der Waals surface area contributed by atoms with Crippen molar-refractivity contribution >= 4 is 17.3 Å². The number of benzene rings is 1. The highest BCUT2D eigenvalue weighted by Gasteiger charge is 2.73. The summed E-state index contributed by atoms with van der Waals surface area (Å²) in [6.45, 7) is 21.4. The number of hydrogen-bond donors (Lipinski definition) is 3. The minimum absolute atomic E-state index is 0.0152.